The third-order valence-electron chi connectivity index (χ3n) is 3.35. The number of benzene rings is 1. The van der Waals surface area contributed by atoms with Gasteiger partial charge in [-0.05, 0) is 55.4 Å². The minimum atomic E-state index is 0.0241. The van der Waals surface area contributed by atoms with Gasteiger partial charge in [0.05, 0.1) is 6.04 Å². The quantitative estimate of drug-likeness (QED) is 0.772. The molecule has 1 aliphatic rings. The zero-order chi connectivity index (χ0) is 12.1. The van der Waals surface area contributed by atoms with Crippen LogP contribution in [0.25, 0.3) is 0 Å². The van der Waals surface area contributed by atoms with Gasteiger partial charge in [0.15, 0.2) is 0 Å². The van der Waals surface area contributed by atoms with Gasteiger partial charge in [-0.2, -0.15) is 0 Å². The van der Waals surface area contributed by atoms with Gasteiger partial charge in [0, 0.05) is 5.56 Å². The van der Waals surface area contributed by atoms with Crippen molar-refractivity contribution in [3.63, 3.8) is 0 Å². The predicted molar refractivity (Wildman–Crippen MR) is 72.8 cm³/mol. The molecule has 1 nitrogen and oxygen atoms in total. The first kappa shape index (κ1) is 12.2. The highest BCUT2D eigenvalue weighted by atomic mass is 14.6. The van der Waals surface area contributed by atoms with Crippen molar-refractivity contribution >= 4 is 0 Å². The minimum Gasteiger partial charge on any atom is -0.318 e. The molecule has 1 aromatic rings. The first-order chi connectivity index (χ1) is 8.29. The second-order valence-electron chi connectivity index (χ2n) is 4.86. The fourth-order valence-corrected chi connectivity index (χ4v) is 2.37. The maximum absolute atomic E-state index is 5.90. The number of fused-ring (bicyclic) bond motifs is 1. The van der Waals surface area contributed by atoms with Gasteiger partial charge in [-0.25, -0.2) is 0 Å². The summed E-state index contributed by atoms with van der Waals surface area (Å²) >= 11 is 0. The van der Waals surface area contributed by atoms with E-state index in [2.05, 4.69) is 37.0 Å². The van der Waals surface area contributed by atoms with Crippen LogP contribution in [0.5, 0.6) is 0 Å². The summed E-state index contributed by atoms with van der Waals surface area (Å²) in [6.45, 7) is 2.14. The maximum Gasteiger partial charge on any atom is 0.0668 e. The van der Waals surface area contributed by atoms with Gasteiger partial charge in [0.25, 0.3) is 0 Å². The molecular formula is C16H21N. The molecule has 90 valence electrons. The fourth-order valence-electron chi connectivity index (χ4n) is 2.37. The third kappa shape index (κ3) is 3.35. The van der Waals surface area contributed by atoms with E-state index in [0.717, 1.165) is 18.4 Å². The van der Waals surface area contributed by atoms with Crippen molar-refractivity contribution in [2.75, 3.05) is 0 Å². The van der Waals surface area contributed by atoms with Crippen molar-refractivity contribution < 1.29 is 0 Å². The number of rotatable bonds is 2. The number of aryl methyl sites for hydroxylation is 2. The Morgan fingerprint density at radius 3 is 2.76 bits per heavy atom. The van der Waals surface area contributed by atoms with Crippen LogP contribution < -0.4 is 5.73 Å². The SMILES string of the molecule is CCCC(N)C#Cc1ccc2c(c1)CCCC2. The van der Waals surface area contributed by atoms with Gasteiger partial charge >= 0.3 is 0 Å². The summed E-state index contributed by atoms with van der Waals surface area (Å²) in [4.78, 5) is 0. The normalized spacial score (nSPS) is 15.6. The molecule has 1 unspecified atom stereocenters. The summed E-state index contributed by atoms with van der Waals surface area (Å²) in [5, 5.41) is 0. The van der Waals surface area contributed by atoms with Crippen molar-refractivity contribution in [3.8, 4) is 11.8 Å². The van der Waals surface area contributed by atoms with E-state index in [1.165, 1.54) is 36.8 Å². The van der Waals surface area contributed by atoms with Crippen LogP contribution in [0.15, 0.2) is 18.2 Å². The standard InChI is InChI=1S/C16H21N/c1-2-5-16(17)11-9-13-8-10-14-6-3-4-7-15(14)12-13/h8,10,12,16H,2-7,17H2,1H3. The lowest BCUT2D eigenvalue weighted by atomic mass is 9.90. The van der Waals surface area contributed by atoms with Crippen LogP contribution in [0.4, 0.5) is 0 Å². The van der Waals surface area contributed by atoms with Crippen LogP contribution in [0.1, 0.15) is 49.3 Å². The number of hydrogen-bond acceptors (Lipinski definition) is 1. The zero-order valence-corrected chi connectivity index (χ0v) is 10.6. The lowest BCUT2D eigenvalue weighted by Gasteiger charge is -2.15. The molecule has 1 aliphatic carbocycles. The van der Waals surface area contributed by atoms with E-state index >= 15 is 0 Å². The first-order valence-electron chi connectivity index (χ1n) is 6.68. The Kier molecular flexibility index (Phi) is 4.23. The number of nitrogens with two attached hydrogens (primary N) is 1. The monoisotopic (exact) mass is 227 g/mol. The highest BCUT2D eigenvalue weighted by Gasteiger charge is 2.08. The van der Waals surface area contributed by atoms with Gasteiger partial charge < -0.3 is 5.73 Å². The van der Waals surface area contributed by atoms with Crippen molar-refractivity contribution in [3.05, 3.63) is 34.9 Å². The van der Waals surface area contributed by atoms with Gasteiger partial charge in [-0.3, -0.25) is 0 Å². The Balaban J connectivity index is 2.11. The lowest BCUT2D eigenvalue weighted by Crippen LogP contribution is -2.16. The Hall–Kier alpha value is -1.26. The molecule has 0 saturated heterocycles. The zero-order valence-electron chi connectivity index (χ0n) is 10.6. The lowest BCUT2D eigenvalue weighted by molar-refractivity contribution is 0.685. The van der Waals surface area contributed by atoms with E-state index in [1.807, 2.05) is 0 Å². The molecule has 1 atom stereocenters. The Labute approximate surface area is 104 Å². The molecule has 1 aromatic carbocycles. The first-order valence-corrected chi connectivity index (χ1v) is 6.68. The molecule has 0 heterocycles. The summed E-state index contributed by atoms with van der Waals surface area (Å²) in [5.74, 6) is 6.34. The van der Waals surface area contributed by atoms with Gasteiger partial charge in [-0.1, -0.05) is 31.3 Å². The van der Waals surface area contributed by atoms with E-state index in [9.17, 15) is 0 Å². The summed E-state index contributed by atoms with van der Waals surface area (Å²) in [5.41, 5.74) is 10.0. The summed E-state index contributed by atoms with van der Waals surface area (Å²) < 4.78 is 0. The topological polar surface area (TPSA) is 26.0 Å². The van der Waals surface area contributed by atoms with Crippen LogP contribution >= 0.6 is 0 Å². The molecule has 0 spiro atoms. The van der Waals surface area contributed by atoms with Gasteiger partial charge in [0.1, 0.15) is 0 Å². The van der Waals surface area contributed by atoms with E-state index < -0.39 is 0 Å². The van der Waals surface area contributed by atoms with Crippen molar-refractivity contribution in [2.45, 2.75) is 51.5 Å². The average molecular weight is 227 g/mol. The van der Waals surface area contributed by atoms with E-state index in [0.29, 0.717) is 0 Å². The Morgan fingerprint density at radius 2 is 2.00 bits per heavy atom. The molecule has 1 heteroatoms. The highest BCUT2D eigenvalue weighted by Crippen LogP contribution is 2.21. The van der Waals surface area contributed by atoms with Crippen molar-refractivity contribution in [2.24, 2.45) is 5.73 Å². The molecule has 0 saturated carbocycles. The molecule has 0 amide bonds. The van der Waals surface area contributed by atoms with Gasteiger partial charge in [0.2, 0.25) is 0 Å². The minimum absolute atomic E-state index is 0.0241. The fraction of sp³-hybridized carbons (Fsp3) is 0.500. The van der Waals surface area contributed by atoms with E-state index in [1.54, 1.807) is 0 Å². The van der Waals surface area contributed by atoms with Crippen molar-refractivity contribution in [1.82, 2.24) is 0 Å². The van der Waals surface area contributed by atoms with Gasteiger partial charge in [-0.15, -0.1) is 0 Å². The second kappa shape index (κ2) is 5.89. The molecule has 0 bridgehead atoms. The molecule has 2 rings (SSSR count). The Bertz CT molecular complexity index is 437. The van der Waals surface area contributed by atoms with Crippen molar-refractivity contribution in [1.29, 1.82) is 0 Å². The summed E-state index contributed by atoms with van der Waals surface area (Å²) in [7, 11) is 0. The molecule has 2 N–H and O–H groups in total. The van der Waals surface area contributed by atoms with Crippen LogP contribution in [0, 0.1) is 11.8 Å². The smallest absolute Gasteiger partial charge is 0.0668 e. The van der Waals surface area contributed by atoms with Crippen LogP contribution in [0.2, 0.25) is 0 Å². The highest BCUT2D eigenvalue weighted by molar-refractivity contribution is 5.42. The second-order valence-corrected chi connectivity index (χ2v) is 4.86. The van der Waals surface area contributed by atoms with E-state index in [-0.39, 0.29) is 6.04 Å². The van der Waals surface area contributed by atoms with Crippen LogP contribution in [-0.4, -0.2) is 6.04 Å². The largest absolute Gasteiger partial charge is 0.318 e. The summed E-state index contributed by atoms with van der Waals surface area (Å²) in [6.07, 6.45) is 7.18. The Morgan fingerprint density at radius 1 is 1.24 bits per heavy atom. The third-order valence-corrected chi connectivity index (χ3v) is 3.35. The molecular weight excluding hydrogens is 206 g/mol. The summed E-state index contributed by atoms with van der Waals surface area (Å²) in [6, 6.07) is 6.65. The van der Waals surface area contributed by atoms with E-state index in [4.69, 9.17) is 5.73 Å². The molecule has 0 fully saturated rings. The molecule has 0 aromatic heterocycles. The number of hydrogen-bond donors (Lipinski definition) is 1. The predicted octanol–water partition coefficient (Wildman–Crippen LogP) is 3.04. The van der Waals surface area contributed by atoms with Crippen LogP contribution in [-0.2, 0) is 12.8 Å². The molecule has 0 radical (unpaired) electrons. The average Bonchev–Trinajstić information content (AvgIpc) is 2.36. The molecule has 17 heavy (non-hydrogen) atoms. The maximum atomic E-state index is 5.90. The molecule has 0 aliphatic heterocycles. The van der Waals surface area contributed by atoms with Crippen LogP contribution in [0.3, 0.4) is 0 Å².